The molecule has 0 bridgehead atoms. The highest BCUT2D eigenvalue weighted by molar-refractivity contribution is 6.35. The third-order valence-corrected chi connectivity index (χ3v) is 2.90. The number of azo groups is 1. The van der Waals surface area contributed by atoms with Gasteiger partial charge in [-0.2, -0.15) is 9.80 Å². The second kappa shape index (κ2) is 5.60. The van der Waals surface area contributed by atoms with Gasteiger partial charge in [-0.3, -0.25) is 14.7 Å². The molecule has 2 rings (SSSR count). The van der Waals surface area contributed by atoms with Crippen molar-refractivity contribution in [1.82, 2.24) is 9.78 Å². The maximum Gasteiger partial charge on any atom is 0.301 e. The highest BCUT2D eigenvalue weighted by atomic mass is 35.5. The summed E-state index contributed by atoms with van der Waals surface area (Å²) in [7, 11) is 0. The molecule has 6 nitrogen and oxygen atoms in total. The van der Waals surface area contributed by atoms with Crippen LogP contribution < -0.4 is 5.56 Å². The number of halogens is 2. The third kappa shape index (κ3) is 2.97. The zero-order valence-corrected chi connectivity index (χ0v) is 12.2. The van der Waals surface area contributed by atoms with E-state index in [0.717, 1.165) is 4.68 Å². The van der Waals surface area contributed by atoms with Gasteiger partial charge in [0.05, 0.1) is 11.4 Å². The SMILES string of the molecule is CC(=O)n1[nH]c(C)c(N=Nc2cc(Cl)cc(Cl)c2)c1=O. The van der Waals surface area contributed by atoms with E-state index in [1.807, 2.05) is 0 Å². The Bertz CT molecular complexity index is 741. The van der Waals surface area contributed by atoms with Crippen LogP contribution in [-0.2, 0) is 0 Å². The molecule has 0 aliphatic heterocycles. The van der Waals surface area contributed by atoms with Crippen LogP contribution in [0.25, 0.3) is 0 Å². The molecule has 1 heterocycles. The monoisotopic (exact) mass is 312 g/mol. The molecule has 0 fully saturated rings. The lowest BCUT2D eigenvalue weighted by atomic mass is 10.3. The van der Waals surface area contributed by atoms with Crippen molar-refractivity contribution in [2.45, 2.75) is 13.8 Å². The van der Waals surface area contributed by atoms with Crippen LogP contribution in [0.4, 0.5) is 11.4 Å². The van der Waals surface area contributed by atoms with Gasteiger partial charge in [0.15, 0.2) is 5.69 Å². The fourth-order valence-electron chi connectivity index (χ4n) is 1.58. The molecule has 0 radical (unpaired) electrons. The molecule has 0 aliphatic carbocycles. The fraction of sp³-hybridized carbons (Fsp3) is 0.167. The van der Waals surface area contributed by atoms with Gasteiger partial charge in [0.2, 0.25) is 5.91 Å². The molecular formula is C12H10Cl2N4O2. The predicted molar refractivity (Wildman–Crippen MR) is 76.7 cm³/mol. The van der Waals surface area contributed by atoms with E-state index in [2.05, 4.69) is 15.3 Å². The van der Waals surface area contributed by atoms with Crippen LogP contribution in [0, 0.1) is 6.92 Å². The molecule has 0 amide bonds. The normalized spacial score (nSPS) is 11.2. The van der Waals surface area contributed by atoms with Crippen molar-refractivity contribution in [3.8, 4) is 0 Å². The lowest BCUT2D eigenvalue weighted by molar-refractivity contribution is 0.0917. The Morgan fingerprint density at radius 1 is 1.20 bits per heavy atom. The molecule has 1 aromatic heterocycles. The van der Waals surface area contributed by atoms with Crippen molar-refractivity contribution in [3.05, 3.63) is 44.3 Å². The molecule has 0 aliphatic rings. The van der Waals surface area contributed by atoms with Crippen LogP contribution in [0.15, 0.2) is 33.2 Å². The minimum atomic E-state index is -0.549. The molecular weight excluding hydrogens is 303 g/mol. The largest absolute Gasteiger partial charge is 0.301 e. The Balaban J connectivity index is 2.41. The van der Waals surface area contributed by atoms with Gasteiger partial charge >= 0.3 is 5.56 Å². The quantitative estimate of drug-likeness (QED) is 0.854. The average molecular weight is 313 g/mol. The van der Waals surface area contributed by atoms with E-state index in [1.165, 1.54) is 6.92 Å². The van der Waals surface area contributed by atoms with Gasteiger partial charge in [0, 0.05) is 17.0 Å². The minimum absolute atomic E-state index is 0.0660. The van der Waals surface area contributed by atoms with E-state index >= 15 is 0 Å². The van der Waals surface area contributed by atoms with Crippen molar-refractivity contribution in [2.75, 3.05) is 0 Å². The van der Waals surface area contributed by atoms with E-state index in [0.29, 0.717) is 21.4 Å². The van der Waals surface area contributed by atoms with E-state index in [-0.39, 0.29) is 5.69 Å². The Kier molecular flexibility index (Phi) is 4.06. The summed E-state index contributed by atoms with van der Waals surface area (Å²) in [5.41, 5.74) is 0.377. The van der Waals surface area contributed by atoms with E-state index in [4.69, 9.17) is 23.2 Å². The summed E-state index contributed by atoms with van der Waals surface area (Å²) in [6, 6.07) is 4.68. The number of rotatable bonds is 2. The van der Waals surface area contributed by atoms with Crippen molar-refractivity contribution in [2.24, 2.45) is 10.2 Å². The second-order valence-corrected chi connectivity index (χ2v) is 4.95. The molecule has 0 unspecified atom stereocenters. The standard InChI is InChI=1S/C12H10Cl2N4O2/c1-6-11(12(20)18(17-6)7(2)19)16-15-10-4-8(13)3-9(14)5-10/h3-5,17H,1-2H3. The lowest BCUT2D eigenvalue weighted by Crippen LogP contribution is -2.21. The van der Waals surface area contributed by atoms with Gasteiger partial charge in [-0.05, 0) is 25.1 Å². The Labute approximate surface area is 124 Å². The van der Waals surface area contributed by atoms with E-state index < -0.39 is 11.5 Å². The van der Waals surface area contributed by atoms with E-state index in [1.54, 1.807) is 25.1 Å². The van der Waals surface area contributed by atoms with Crippen LogP contribution in [0.1, 0.15) is 17.4 Å². The zero-order chi connectivity index (χ0) is 14.9. The highest BCUT2D eigenvalue weighted by Gasteiger charge is 2.13. The fourth-order valence-corrected chi connectivity index (χ4v) is 2.10. The molecule has 104 valence electrons. The number of nitrogens with zero attached hydrogens (tertiary/aromatic N) is 3. The third-order valence-electron chi connectivity index (χ3n) is 2.47. The summed E-state index contributed by atoms with van der Waals surface area (Å²) in [5, 5.41) is 11.2. The Morgan fingerprint density at radius 3 is 2.30 bits per heavy atom. The topological polar surface area (TPSA) is 79.6 Å². The summed E-state index contributed by atoms with van der Waals surface area (Å²) in [5.74, 6) is -0.426. The van der Waals surface area contributed by atoms with Gasteiger partial charge in [-0.1, -0.05) is 23.2 Å². The number of H-pyrrole nitrogens is 1. The number of aromatic nitrogens is 2. The first-order chi connectivity index (χ1) is 9.38. The summed E-state index contributed by atoms with van der Waals surface area (Å²) in [6.07, 6.45) is 0. The maximum absolute atomic E-state index is 11.9. The van der Waals surface area contributed by atoms with Crippen molar-refractivity contribution in [1.29, 1.82) is 0 Å². The first-order valence-electron chi connectivity index (χ1n) is 5.59. The highest BCUT2D eigenvalue weighted by Crippen LogP contribution is 2.26. The average Bonchev–Trinajstić information content (AvgIpc) is 2.61. The van der Waals surface area contributed by atoms with Crippen molar-refractivity contribution >= 4 is 40.5 Å². The maximum atomic E-state index is 11.9. The van der Waals surface area contributed by atoms with E-state index in [9.17, 15) is 9.59 Å². The van der Waals surface area contributed by atoms with Gasteiger partial charge in [0.25, 0.3) is 0 Å². The van der Waals surface area contributed by atoms with Crippen molar-refractivity contribution in [3.63, 3.8) is 0 Å². The molecule has 0 saturated heterocycles. The van der Waals surface area contributed by atoms with Crippen LogP contribution >= 0.6 is 23.2 Å². The number of benzene rings is 1. The van der Waals surface area contributed by atoms with Gasteiger partial charge in [-0.15, -0.1) is 5.11 Å². The number of carbonyl (C=O) groups excluding carboxylic acids is 1. The number of aromatic amines is 1. The Hall–Kier alpha value is -1.92. The molecule has 1 N–H and O–H groups in total. The number of hydrogen-bond donors (Lipinski definition) is 1. The van der Waals surface area contributed by atoms with Gasteiger partial charge in [0.1, 0.15) is 0 Å². The summed E-state index contributed by atoms with van der Waals surface area (Å²) in [4.78, 5) is 23.1. The minimum Gasteiger partial charge on any atom is -0.291 e. The number of nitrogens with one attached hydrogen (secondary N) is 1. The molecule has 1 aromatic carbocycles. The Morgan fingerprint density at radius 2 is 1.80 bits per heavy atom. The van der Waals surface area contributed by atoms with Gasteiger partial charge in [-0.25, -0.2) is 0 Å². The smallest absolute Gasteiger partial charge is 0.291 e. The van der Waals surface area contributed by atoms with Crippen molar-refractivity contribution < 1.29 is 4.79 Å². The molecule has 0 spiro atoms. The molecule has 8 heteroatoms. The van der Waals surface area contributed by atoms with Crippen LogP contribution in [0.2, 0.25) is 10.0 Å². The van der Waals surface area contributed by atoms with Gasteiger partial charge < -0.3 is 0 Å². The van der Waals surface area contributed by atoms with Crippen LogP contribution in [-0.4, -0.2) is 15.7 Å². The zero-order valence-electron chi connectivity index (χ0n) is 10.6. The summed E-state index contributed by atoms with van der Waals surface area (Å²) < 4.78 is 0.870. The molecule has 0 atom stereocenters. The molecule has 2 aromatic rings. The first-order valence-corrected chi connectivity index (χ1v) is 6.34. The molecule has 0 saturated carbocycles. The molecule has 20 heavy (non-hydrogen) atoms. The lowest BCUT2D eigenvalue weighted by Gasteiger charge is -1.95. The summed E-state index contributed by atoms with van der Waals surface area (Å²) >= 11 is 11.7. The second-order valence-electron chi connectivity index (χ2n) is 4.07. The predicted octanol–water partition coefficient (Wildman–Crippen LogP) is 3.87. The first kappa shape index (κ1) is 14.5. The number of aryl methyl sites for hydroxylation is 1. The number of carbonyl (C=O) groups is 1. The summed E-state index contributed by atoms with van der Waals surface area (Å²) in [6.45, 7) is 2.90. The van der Waals surface area contributed by atoms with Crippen LogP contribution in [0.3, 0.4) is 0 Å². The van der Waals surface area contributed by atoms with Crippen LogP contribution in [0.5, 0.6) is 0 Å². The number of hydrogen-bond acceptors (Lipinski definition) is 4.